The SMILES string of the molecule is NCCCCC(N)C(=O)NC(CC(=O)O)C(=O)NC(Cc1ccc(O)cc1)C(=O)NC(CC(=O)O)C(=O)O. The fraction of sp³-hybridized carbons (Fsp3) is 0.478. The van der Waals surface area contributed by atoms with Crippen LogP contribution in [0.5, 0.6) is 5.75 Å². The minimum absolute atomic E-state index is 0.0850. The molecule has 0 radical (unpaired) electrons. The van der Waals surface area contributed by atoms with Gasteiger partial charge in [-0.3, -0.25) is 24.0 Å². The van der Waals surface area contributed by atoms with E-state index in [2.05, 4.69) is 10.6 Å². The molecule has 11 N–H and O–H groups in total. The molecule has 0 aromatic heterocycles. The van der Waals surface area contributed by atoms with Crippen LogP contribution in [0.3, 0.4) is 0 Å². The number of carbonyl (C=O) groups excluding carboxylic acids is 3. The van der Waals surface area contributed by atoms with Gasteiger partial charge in [-0.2, -0.15) is 0 Å². The molecule has 0 bridgehead atoms. The van der Waals surface area contributed by atoms with Crippen molar-refractivity contribution in [3.63, 3.8) is 0 Å². The number of carbonyl (C=O) groups is 6. The first-order valence-corrected chi connectivity index (χ1v) is 11.6. The predicted octanol–water partition coefficient (Wildman–Crippen LogP) is -2.12. The predicted molar refractivity (Wildman–Crippen MR) is 131 cm³/mol. The summed E-state index contributed by atoms with van der Waals surface area (Å²) in [7, 11) is 0. The van der Waals surface area contributed by atoms with Gasteiger partial charge in [0.15, 0.2) is 0 Å². The lowest BCUT2D eigenvalue weighted by molar-refractivity contribution is -0.147. The molecule has 0 aliphatic rings. The molecule has 15 nitrogen and oxygen atoms in total. The zero-order chi connectivity index (χ0) is 28.8. The lowest BCUT2D eigenvalue weighted by Gasteiger charge is -2.24. The zero-order valence-corrected chi connectivity index (χ0v) is 20.5. The number of nitrogens with two attached hydrogens (primary N) is 2. The Morgan fingerprint density at radius 3 is 1.76 bits per heavy atom. The Kier molecular flexibility index (Phi) is 13.2. The number of carboxylic acids is 3. The van der Waals surface area contributed by atoms with Gasteiger partial charge >= 0.3 is 17.9 Å². The normalized spacial score (nSPS) is 13.8. The molecule has 0 fully saturated rings. The molecule has 210 valence electrons. The first-order valence-electron chi connectivity index (χ1n) is 11.6. The van der Waals surface area contributed by atoms with Gasteiger partial charge in [-0.1, -0.05) is 18.6 Å². The Balaban J connectivity index is 3.13. The summed E-state index contributed by atoms with van der Waals surface area (Å²) in [6.45, 7) is 0.387. The minimum atomic E-state index is -1.82. The molecule has 1 rings (SSSR count). The van der Waals surface area contributed by atoms with Crippen LogP contribution in [0.15, 0.2) is 24.3 Å². The molecule has 0 saturated carbocycles. The molecule has 0 aliphatic heterocycles. The van der Waals surface area contributed by atoms with Crippen molar-refractivity contribution in [3.05, 3.63) is 29.8 Å². The fourth-order valence-electron chi connectivity index (χ4n) is 3.30. The van der Waals surface area contributed by atoms with Crippen LogP contribution in [0.4, 0.5) is 0 Å². The molecule has 4 atom stereocenters. The third-order valence-corrected chi connectivity index (χ3v) is 5.32. The number of aliphatic carboxylic acids is 3. The van der Waals surface area contributed by atoms with Crippen LogP contribution in [0.1, 0.15) is 37.7 Å². The van der Waals surface area contributed by atoms with Gasteiger partial charge in [0.25, 0.3) is 0 Å². The van der Waals surface area contributed by atoms with E-state index in [9.17, 15) is 44.1 Å². The number of hydrogen-bond acceptors (Lipinski definition) is 9. The van der Waals surface area contributed by atoms with Crippen LogP contribution < -0.4 is 27.4 Å². The first kappa shape index (κ1) is 31.8. The van der Waals surface area contributed by atoms with Crippen LogP contribution in [0, 0.1) is 0 Å². The van der Waals surface area contributed by atoms with E-state index >= 15 is 0 Å². The van der Waals surface area contributed by atoms with Crippen molar-refractivity contribution in [2.75, 3.05) is 6.54 Å². The summed E-state index contributed by atoms with van der Waals surface area (Å²) >= 11 is 0. The van der Waals surface area contributed by atoms with Crippen molar-refractivity contribution >= 4 is 35.6 Å². The number of nitrogens with one attached hydrogen (secondary N) is 3. The zero-order valence-electron chi connectivity index (χ0n) is 20.5. The molecule has 38 heavy (non-hydrogen) atoms. The number of carboxylic acid groups (broad SMARTS) is 3. The number of phenols is 1. The number of unbranched alkanes of at least 4 members (excludes halogenated alkanes) is 1. The molecule has 0 aliphatic carbocycles. The lowest BCUT2D eigenvalue weighted by Crippen LogP contribution is -2.58. The topological polar surface area (TPSA) is 271 Å². The molecule has 4 unspecified atom stereocenters. The van der Waals surface area contributed by atoms with E-state index in [0.29, 0.717) is 24.9 Å². The van der Waals surface area contributed by atoms with Crippen molar-refractivity contribution in [2.45, 2.75) is 62.7 Å². The highest BCUT2D eigenvalue weighted by atomic mass is 16.4. The van der Waals surface area contributed by atoms with E-state index in [-0.39, 0.29) is 18.6 Å². The second-order valence-electron chi connectivity index (χ2n) is 8.48. The quantitative estimate of drug-likeness (QED) is 0.0961. The van der Waals surface area contributed by atoms with E-state index in [1.54, 1.807) is 0 Å². The summed E-state index contributed by atoms with van der Waals surface area (Å²) in [6.07, 6.45) is -0.678. The largest absolute Gasteiger partial charge is 0.508 e. The maximum Gasteiger partial charge on any atom is 0.326 e. The molecule has 0 saturated heterocycles. The number of rotatable bonds is 17. The van der Waals surface area contributed by atoms with Crippen molar-refractivity contribution in [2.24, 2.45) is 11.5 Å². The summed E-state index contributed by atoms with van der Waals surface area (Å²) < 4.78 is 0. The Labute approximate surface area is 217 Å². The maximum absolute atomic E-state index is 13.0. The smallest absolute Gasteiger partial charge is 0.326 e. The lowest BCUT2D eigenvalue weighted by atomic mass is 10.0. The number of aromatic hydroxyl groups is 1. The summed E-state index contributed by atoms with van der Waals surface area (Å²) in [6, 6.07) is -0.560. The van der Waals surface area contributed by atoms with Crippen molar-refractivity contribution in [1.82, 2.24) is 16.0 Å². The van der Waals surface area contributed by atoms with Gasteiger partial charge in [-0.05, 0) is 37.1 Å². The first-order chi connectivity index (χ1) is 17.8. The Bertz CT molecular complexity index is 1000. The van der Waals surface area contributed by atoms with E-state index in [4.69, 9.17) is 16.6 Å². The van der Waals surface area contributed by atoms with Gasteiger partial charge in [0.05, 0.1) is 18.9 Å². The van der Waals surface area contributed by atoms with Crippen LogP contribution in [-0.2, 0) is 35.2 Å². The Hall–Kier alpha value is -4.24. The van der Waals surface area contributed by atoms with Gasteiger partial charge < -0.3 is 47.8 Å². The number of phenolic OH excluding ortho intramolecular Hbond substituents is 1. The second kappa shape index (κ2) is 15.8. The molecular formula is C23H33N5O10. The third-order valence-electron chi connectivity index (χ3n) is 5.32. The molecule has 1 aromatic rings. The molecule has 15 heteroatoms. The standard InChI is InChI=1S/C23H33N5O10/c24-8-2-1-3-14(25)20(34)26-16(10-18(30)31)22(36)27-15(9-12-4-6-13(29)7-5-12)21(35)28-17(23(37)38)11-19(32)33/h4-7,14-17,29H,1-3,8-11,24-25H2,(H,26,34)(H,27,36)(H,28,35)(H,30,31)(H,32,33)(H,37,38). The molecular weight excluding hydrogens is 506 g/mol. The molecule has 1 aromatic carbocycles. The van der Waals surface area contributed by atoms with Gasteiger partial charge in [0.2, 0.25) is 17.7 Å². The summed E-state index contributed by atoms with van der Waals surface area (Å²) in [4.78, 5) is 72.0. The van der Waals surface area contributed by atoms with Gasteiger partial charge in [0, 0.05) is 6.42 Å². The van der Waals surface area contributed by atoms with Crippen molar-refractivity contribution in [1.29, 1.82) is 0 Å². The van der Waals surface area contributed by atoms with Crippen molar-refractivity contribution in [3.8, 4) is 5.75 Å². The minimum Gasteiger partial charge on any atom is -0.508 e. The summed E-state index contributed by atoms with van der Waals surface area (Å²) in [5.41, 5.74) is 11.6. The van der Waals surface area contributed by atoms with Crippen molar-refractivity contribution < 1.29 is 49.2 Å². The molecule has 3 amide bonds. The Morgan fingerprint density at radius 1 is 0.737 bits per heavy atom. The van der Waals surface area contributed by atoms with Gasteiger partial charge in [-0.15, -0.1) is 0 Å². The third kappa shape index (κ3) is 11.7. The number of amides is 3. The number of benzene rings is 1. The van der Waals surface area contributed by atoms with Gasteiger partial charge in [0.1, 0.15) is 23.9 Å². The van der Waals surface area contributed by atoms with Crippen LogP contribution in [0.2, 0.25) is 0 Å². The molecule has 0 spiro atoms. The highest BCUT2D eigenvalue weighted by Gasteiger charge is 2.32. The van der Waals surface area contributed by atoms with E-state index < -0.39 is 72.6 Å². The molecule has 0 heterocycles. The van der Waals surface area contributed by atoms with Crippen LogP contribution >= 0.6 is 0 Å². The second-order valence-corrected chi connectivity index (χ2v) is 8.48. The highest BCUT2D eigenvalue weighted by Crippen LogP contribution is 2.12. The highest BCUT2D eigenvalue weighted by molar-refractivity contribution is 5.96. The van der Waals surface area contributed by atoms with Crippen LogP contribution in [-0.4, -0.2) is 86.8 Å². The van der Waals surface area contributed by atoms with E-state index in [1.165, 1.54) is 24.3 Å². The van der Waals surface area contributed by atoms with Gasteiger partial charge in [-0.25, -0.2) is 4.79 Å². The van der Waals surface area contributed by atoms with E-state index in [0.717, 1.165) is 0 Å². The summed E-state index contributed by atoms with van der Waals surface area (Å²) in [5, 5.41) is 43.5. The van der Waals surface area contributed by atoms with E-state index in [1.807, 2.05) is 5.32 Å². The average Bonchev–Trinajstić information content (AvgIpc) is 2.83. The Morgan fingerprint density at radius 2 is 1.24 bits per heavy atom. The maximum atomic E-state index is 13.0. The average molecular weight is 540 g/mol. The summed E-state index contributed by atoms with van der Waals surface area (Å²) in [5.74, 6) is -7.58. The number of hydrogen-bond donors (Lipinski definition) is 9. The fourth-order valence-corrected chi connectivity index (χ4v) is 3.30. The van der Waals surface area contributed by atoms with Crippen LogP contribution in [0.25, 0.3) is 0 Å². The monoisotopic (exact) mass is 539 g/mol.